The van der Waals surface area contributed by atoms with Crippen LogP contribution >= 0.6 is 23.2 Å². The molecule has 0 saturated heterocycles. The topological polar surface area (TPSA) is 87.4 Å². The van der Waals surface area contributed by atoms with E-state index >= 15 is 0 Å². The van der Waals surface area contributed by atoms with Crippen molar-refractivity contribution in [3.63, 3.8) is 0 Å². The van der Waals surface area contributed by atoms with Crippen LogP contribution in [0.1, 0.15) is 47.2 Å². The van der Waals surface area contributed by atoms with Crippen LogP contribution in [0.3, 0.4) is 0 Å². The average Bonchev–Trinajstić information content (AvgIpc) is 3.15. The van der Waals surface area contributed by atoms with Crippen LogP contribution in [0.5, 0.6) is 0 Å². The summed E-state index contributed by atoms with van der Waals surface area (Å²) in [4.78, 5) is 13.8. The highest BCUT2D eigenvalue weighted by Gasteiger charge is 2.31. The first kappa shape index (κ1) is 29.9. The minimum Gasteiger partial charge on any atom is -0.396 e. The molecular weight excluding hydrogens is 518 g/mol. The van der Waals surface area contributed by atoms with Crippen LogP contribution in [0.15, 0.2) is 24.4 Å². The summed E-state index contributed by atoms with van der Waals surface area (Å²) in [5.74, 6) is 0. The number of pyridine rings is 1. The summed E-state index contributed by atoms with van der Waals surface area (Å²) in [7, 11) is 1.72. The van der Waals surface area contributed by atoms with E-state index in [2.05, 4.69) is 10.3 Å². The highest BCUT2D eigenvalue weighted by molar-refractivity contribution is 6.35. The third-order valence-electron chi connectivity index (χ3n) is 5.70. The molecule has 1 aromatic carbocycles. The number of hydrogen-bond donors (Lipinski definition) is 3. The quantitative estimate of drug-likeness (QED) is 0.184. The molecule has 1 amide bonds. The Morgan fingerprint density at radius 2 is 1.81 bits per heavy atom. The summed E-state index contributed by atoms with van der Waals surface area (Å²) in [6.07, 6.45) is 0.925. The van der Waals surface area contributed by atoms with Gasteiger partial charge in [-0.15, -0.1) is 0 Å². The molecule has 0 radical (unpaired) electrons. The lowest BCUT2D eigenvalue weighted by molar-refractivity contribution is -0.137. The number of nitrogens with one attached hydrogen (secondary N) is 1. The van der Waals surface area contributed by atoms with Crippen molar-refractivity contribution in [2.45, 2.75) is 45.2 Å². The van der Waals surface area contributed by atoms with Gasteiger partial charge in [0, 0.05) is 61.6 Å². The molecule has 2 aromatic heterocycles. The number of alkyl halides is 3. The molecule has 0 aliphatic carbocycles. The van der Waals surface area contributed by atoms with E-state index in [0.29, 0.717) is 53.9 Å². The summed E-state index contributed by atoms with van der Waals surface area (Å²) in [6.45, 7) is 2.58. The second kappa shape index (κ2) is 13.8. The Kier molecular flexibility index (Phi) is 11.5. The fraction of sp³-hybridized carbons (Fsp3) is 0.440. The van der Waals surface area contributed by atoms with Gasteiger partial charge in [-0.1, -0.05) is 23.2 Å². The van der Waals surface area contributed by atoms with Crippen LogP contribution in [-0.4, -0.2) is 45.9 Å². The number of unbranched alkanes of at least 4 members (excludes halogenated alkanes) is 1. The zero-order valence-corrected chi connectivity index (χ0v) is 21.6. The number of aliphatic hydroxyl groups excluding tert-OH is 2. The first-order chi connectivity index (χ1) is 17.0. The zero-order chi connectivity index (χ0) is 26.9. The molecule has 3 aromatic rings. The van der Waals surface area contributed by atoms with E-state index < -0.39 is 11.7 Å². The molecule has 11 heteroatoms. The molecule has 0 spiro atoms. The Balaban J connectivity index is 0.000000493. The number of hydrogen-bond acceptors (Lipinski definition) is 4. The van der Waals surface area contributed by atoms with Crippen LogP contribution in [-0.2, 0) is 30.9 Å². The maximum Gasteiger partial charge on any atom is 0.416 e. The molecule has 36 heavy (non-hydrogen) atoms. The number of nitrogens with zero attached hydrogens (tertiary/aromatic N) is 2. The molecule has 3 N–H and O–H groups in total. The summed E-state index contributed by atoms with van der Waals surface area (Å²) < 4.78 is 41.2. The Labute approximate surface area is 218 Å². The number of carbonyl (C=O) groups is 1. The van der Waals surface area contributed by atoms with Gasteiger partial charge in [-0.3, -0.25) is 4.79 Å². The zero-order valence-electron chi connectivity index (χ0n) is 20.1. The van der Waals surface area contributed by atoms with Gasteiger partial charge in [0.15, 0.2) is 0 Å². The summed E-state index contributed by atoms with van der Waals surface area (Å²) >= 11 is 12.8. The highest BCUT2D eigenvalue weighted by Crippen LogP contribution is 2.35. The Morgan fingerprint density at radius 3 is 2.42 bits per heavy atom. The van der Waals surface area contributed by atoms with Crippen molar-refractivity contribution < 1.29 is 28.2 Å². The average molecular weight is 548 g/mol. The molecule has 0 bridgehead atoms. The summed E-state index contributed by atoms with van der Waals surface area (Å²) in [5.41, 5.74) is 2.57. The van der Waals surface area contributed by atoms with Crippen LogP contribution in [0.25, 0.3) is 10.9 Å². The predicted molar refractivity (Wildman–Crippen MR) is 136 cm³/mol. The predicted octanol–water partition coefficient (Wildman–Crippen LogP) is 5.23. The molecule has 2 heterocycles. The van der Waals surface area contributed by atoms with Gasteiger partial charge < -0.3 is 20.1 Å². The SMILES string of the molecule is Cc1cc(C(F)(F)F)cc2c1cc(Cc1c(Cl)ncc(CCCO)c1Cl)n2C.O=CNCCCCO. The molecule has 0 aliphatic heterocycles. The van der Waals surface area contributed by atoms with E-state index in [1.807, 2.05) is 6.07 Å². The third-order valence-corrected chi connectivity index (χ3v) is 6.50. The number of rotatable bonds is 10. The number of fused-ring (bicyclic) bond motifs is 1. The van der Waals surface area contributed by atoms with E-state index in [-0.39, 0.29) is 18.4 Å². The first-order valence-electron chi connectivity index (χ1n) is 11.4. The van der Waals surface area contributed by atoms with Crippen LogP contribution < -0.4 is 5.32 Å². The van der Waals surface area contributed by atoms with Crippen LogP contribution in [0, 0.1) is 6.92 Å². The molecule has 0 fully saturated rings. The second-order valence-corrected chi connectivity index (χ2v) is 9.03. The fourth-order valence-corrected chi connectivity index (χ4v) is 4.28. The van der Waals surface area contributed by atoms with Crippen molar-refractivity contribution in [1.29, 1.82) is 0 Å². The summed E-state index contributed by atoms with van der Waals surface area (Å²) in [5, 5.41) is 21.3. The number of halogens is 5. The van der Waals surface area contributed by atoms with Crippen molar-refractivity contribution in [1.82, 2.24) is 14.9 Å². The van der Waals surface area contributed by atoms with Crippen molar-refractivity contribution in [2.75, 3.05) is 19.8 Å². The summed E-state index contributed by atoms with van der Waals surface area (Å²) in [6, 6.07) is 4.17. The molecule has 6 nitrogen and oxygen atoms in total. The van der Waals surface area contributed by atoms with Crippen LogP contribution in [0.2, 0.25) is 10.2 Å². The lowest BCUT2D eigenvalue weighted by atomic mass is 10.0. The normalized spacial score (nSPS) is 11.4. The van der Waals surface area contributed by atoms with Gasteiger partial charge in [-0.05, 0) is 61.9 Å². The molecule has 198 valence electrons. The van der Waals surface area contributed by atoms with Gasteiger partial charge >= 0.3 is 6.18 Å². The van der Waals surface area contributed by atoms with Crippen molar-refractivity contribution >= 4 is 40.5 Å². The molecule has 0 unspecified atom stereocenters. The van der Waals surface area contributed by atoms with Gasteiger partial charge in [-0.25, -0.2) is 4.98 Å². The number of aliphatic hydroxyl groups is 2. The largest absolute Gasteiger partial charge is 0.416 e. The van der Waals surface area contributed by atoms with Gasteiger partial charge in [0.2, 0.25) is 6.41 Å². The molecular formula is C25H30Cl2F3N3O3. The Bertz CT molecular complexity index is 1170. The Morgan fingerprint density at radius 1 is 1.11 bits per heavy atom. The number of aryl methyl sites for hydroxylation is 3. The molecule has 0 aliphatic rings. The van der Waals surface area contributed by atoms with E-state index in [1.54, 1.807) is 24.7 Å². The van der Waals surface area contributed by atoms with Crippen molar-refractivity contribution in [3.8, 4) is 0 Å². The lowest BCUT2D eigenvalue weighted by Crippen LogP contribution is -2.12. The number of amides is 1. The lowest BCUT2D eigenvalue weighted by Gasteiger charge is -2.12. The Hall–Kier alpha value is -2.33. The van der Waals surface area contributed by atoms with Gasteiger partial charge in [0.05, 0.1) is 10.6 Å². The minimum atomic E-state index is -4.40. The van der Waals surface area contributed by atoms with E-state index in [1.165, 1.54) is 0 Å². The number of carbonyl (C=O) groups excluding carboxylic acids is 1. The van der Waals surface area contributed by atoms with E-state index in [0.717, 1.165) is 41.6 Å². The maximum atomic E-state index is 13.2. The van der Waals surface area contributed by atoms with Gasteiger partial charge in [-0.2, -0.15) is 13.2 Å². The van der Waals surface area contributed by atoms with Gasteiger partial charge in [0.1, 0.15) is 5.15 Å². The minimum absolute atomic E-state index is 0.0400. The first-order valence-corrected chi connectivity index (χ1v) is 12.2. The number of aromatic nitrogens is 2. The molecule has 0 saturated carbocycles. The van der Waals surface area contributed by atoms with E-state index in [4.69, 9.17) is 33.4 Å². The fourth-order valence-electron chi connectivity index (χ4n) is 3.72. The van der Waals surface area contributed by atoms with Gasteiger partial charge in [0.25, 0.3) is 0 Å². The van der Waals surface area contributed by atoms with Crippen molar-refractivity contribution in [3.05, 3.63) is 62.5 Å². The standard InChI is InChI=1S/C20H19Cl2F3N2O.C5H11NO2/c1-11-6-13(20(23,24)25)7-17-15(11)8-14(27(17)2)9-16-18(21)12(4-3-5-28)10-26-19(16)22;7-4-2-1-3-6-5-8/h6-8,10,28H,3-5,9H2,1-2H3;5,7H,1-4H2,(H,6,8). The van der Waals surface area contributed by atoms with E-state index in [9.17, 15) is 18.0 Å². The smallest absolute Gasteiger partial charge is 0.396 e. The van der Waals surface area contributed by atoms with Crippen molar-refractivity contribution in [2.24, 2.45) is 7.05 Å². The highest BCUT2D eigenvalue weighted by atomic mass is 35.5. The second-order valence-electron chi connectivity index (χ2n) is 8.29. The third kappa shape index (κ3) is 7.83. The maximum absolute atomic E-state index is 13.2. The molecule has 3 rings (SSSR count). The van der Waals surface area contributed by atoms with Crippen LogP contribution in [0.4, 0.5) is 13.2 Å². The molecule has 0 atom stereocenters. The number of benzene rings is 1. The monoisotopic (exact) mass is 547 g/mol.